The average Bonchev–Trinajstić information content (AvgIpc) is 3.51. The van der Waals surface area contributed by atoms with Crippen molar-refractivity contribution in [1.29, 1.82) is 0 Å². The van der Waals surface area contributed by atoms with Crippen LogP contribution in [0.15, 0.2) is 34.7 Å². The first-order chi connectivity index (χ1) is 19.9. The molecule has 0 atom stereocenters. The van der Waals surface area contributed by atoms with Crippen LogP contribution in [0.4, 0.5) is 11.5 Å². The Morgan fingerprint density at radius 2 is 1.49 bits per heavy atom. The maximum atomic E-state index is 13.6. The summed E-state index contributed by atoms with van der Waals surface area (Å²) in [5, 5.41) is 0.826. The molecule has 1 aliphatic rings. The molecule has 1 aliphatic heterocycles. The van der Waals surface area contributed by atoms with Gasteiger partial charge in [0, 0.05) is 0 Å². The number of aromatic nitrogens is 1. The third-order valence-corrected chi connectivity index (χ3v) is 23.6. The first kappa shape index (κ1) is 31.3. The summed E-state index contributed by atoms with van der Waals surface area (Å²) in [6, 6.07) is 9.74. The fourth-order valence-corrected chi connectivity index (χ4v) is 21.3. The maximum absolute atomic E-state index is 13.6. The summed E-state index contributed by atoms with van der Waals surface area (Å²) < 4.78 is 22.6. The Balaban J connectivity index is 1.48. The molecule has 1 fully saturated rings. The molecule has 0 saturated carbocycles. The monoisotopic (exact) mass is 672 g/mol. The van der Waals surface area contributed by atoms with Crippen LogP contribution in [0, 0.1) is 0 Å². The number of fused-ring (bicyclic) bond motifs is 1. The molecule has 224 valence electrons. The van der Waals surface area contributed by atoms with Gasteiger partial charge in [-0.05, 0) is 6.07 Å². The zero-order valence-corrected chi connectivity index (χ0v) is 28.5. The van der Waals surface area contributed by atoms with Crippen LogP contribution in [0.5, 0.6) is 11.5 Å². The Labute approximate surface area is 249 Å². The average molecular weight is 671 g/mol. The van der Waals surface area contributed by atoms with Gasteiger partial charge in [-0.25, -0.2) is 0 Å². The van der Waals surface area contributed by atoms with Crippen molar-refractivity contribution in [2.45, 2.75) is 72.6 Å². The zero-order chi connectivity index (χ0) is 29.4. The molecule has 8 nitrogen and oxygen atoms in total. The van der Waals surface area contributed by atoms with Gasteiger partial charge >= 0.3 is 209 Å². The number of unbranched alkanes of at least 4 members (excludes halogenated alkanes) is 3. The number of rotatable bonds is 14. The number of nitrogens with zero attached hydrogens (tertiary/aromatic N) is 3. The summed E-state index contributed by atoms with van der Waals surface area (Å²) in [4.78, 5) is 22.5. The number of nitrogens with two attached hydrogens (primary N) is 1. The van der Waals surface area contributed by atoms with Crippen molar-refractivity contribution < 1.29 is 18.7 Å². The predicted molar refractivity (Wildman–Crippen MR) is 171 cm³/mol. The van der Waals surface area contributed by atoms with E-state index in [2.05, 4.69) is 31.7 Å². The van der Waals surface area contributed by atoms with E-state index in [9.17, 15) is 4.79 Å². The Hall–Kier alpha value is -2.62. The van der Waals surface area contributed by atoms with Crippen molar-refractivity contribution in [3.8, 4) is 11.5 Å². The van der Waals surface area contributed by atoms with Gasteiger partial charge in [-0.15, -0.1) is 0 Å². The molecule has 0 spiro atoms. The van der Waals surface area contributed by atoms with Gasteiger partial charge in [-0.1, -0.05) is 0 Å². The molecule has 41 heavy (non-hydrogen) atoms. The van der Waals surface area contributed by atoms with Gasteiger partial charge in [0.05, 0.1) is 14.2 Å². The number of hydrogen-bond donors (Lipinski definition) is 1. The van der Waals surface area contributed by atoms with E-state index in [1.807, 2.05) is 29.2 Å². The number of nitrogen functional groups attached to an aromatic ring is 1. The molecule has 1 saturated heterocycles. The first-order valence-electron chi connectivity index (χ1n) is 15.4. The summed E-state index contributed by atoms with van der Waals surface area (Å²) in [6.45, 7) is 9.41. The zero-order valence-electron chi connectivity index (χ0n) is 25.6. The fourth-order valence-electron chi connectivity index (χ4n) is 6.05. The number of pyridine rings is 1. The number of amides is 1. The van der Waals surface area contributed by atoms with E-state index in [4.69, 9.17) is 24.6 Å². The van der Waals surface area contributed by atoms with Gasteiger partial charge < -0.3 is 9.47 Å². The van der Waals surface area contributed by atoms with Crippen LogP contribution >= 0.6 is 0 Å². The second-order valence-electron chi connectivity index (χ2n) is 11.3. The number of carbonyl (C=O) groups excluding carboxylic acids is 1. The van der Waals surface area contributed by atoms with Crippen LogP contribution in [0.3, 0.4) is 0 Å². The molecule has 2 N–H and O–H groups in total. The quantitative estimate of drug-likeness (QED) is 0.197. The molecular formula is C32H48N4O4Sn. The van der Waals surface area contributed by atoms with Gasteiger partial charge in [0.25, 0.3) is 0 Å². The second-order valence-corrected chi connectivity index (χ2v) is 24.3. The third kappa shape index (κ3) is 7.06. The Morgan fingerprint density at radius 3 is 2.05 bits per heavy atom. The minimum absolute atomic E-state index is 0.000350. The third-order valence-electron chi connectivity index (χ3n) is 8.59. The standard InChI is InChI=1S/C20H21N4O4.3C4H9.Sn/c1-26-17-10-13-14(21)11-19(22-15(13)12-18(17)27-2)23-5-7-24(8-6-23)20(25)16-4-3-9-28-16;3*1-3-4-2;/h3-4,10-12H,5-8H2,1-2H3,(H2,21,22);3*1,3-4H2,2H3;. The molecule has 3 heterocycles. The number of methoxy groups -OCH3 is 2. The van der Waals surface area contributed by atoms with Gasteiger partial charge in [-0.3, -0.25) is 0 Å². The summed E-state index contributed by atoms with van der Waals surface area (Å²) in [7, 11) is 3.22. The van der Waals surface area contributed by atoms with Crippen molar-refractivity contribution in [2.24, 2.45) is 0 Å². The van der Waals surface area contributed by atoms with Crippen LogP contribution < -0.4 is 23.9 Å². The van der Waals surface area contributed by atoms with E-state index in [1.54, 1.807) is 14.2 Å². The molecule has 3 aromatic rings. The molecule has 1 aromatic carbocycles. The van der Waals surface area contributed by atoms with Crippen LogP contribution in [-0.4, -0.2) is 74.6 Å². The van der Waals surface area contributed by atoms with Gasteiger partial charge in [0.15, 0.2) is 11.5 Å². The van der Waals surface area contributed by atoms with Gasteiger partial charge in [-0.2, -0.15) is 0 Å². The minimum atomic E-state index is -2.71. The summed E-state index contributed by atoms with van der Waals surface area (Å²) >= 11 is -2.71. The SMILES string of the molecule is CCC[CH2][Sn]([CH2]CCC)([CH2]CCC)[c]1ccc(C(=O)N2CCN(c3cc(N)c4cc(OC)c(OC)cc4n3)CC2)o1. The number of anilines is 2. The van der Waals surface area contributed by atoms with Crippen LogP contribution in [0.1, 0.15) is 69.9 Å². The molecule has 2 aromatic heterocycles. The number of furan rings is 1. The van der Waals surface area contributed by atoms with Crippen LogP contribution in [0.2, 0.25) is 13.3 Å². The number of piperazine rings is 1. The van der Waals surface area contributed by atoms with E-state index in [0.29, 0.717) is 49.1 Å². The van der Waals surface area contributed by atoms with Crippen molar-refractivity contribution >= 4 is 50.5 Å². The molecule has 0 unspecified atom stereocenters. The first-order valence-corrected chi connectivity index (χ1v) is 22.8. The summed E-state index contributed by atoms with van der Waals surface area (Å²) in [5.74, 6) is 2.55. The number of benzene rings is 1. The van der Waals surface area contributed by atoms with Gasteiger partial charge in [0.2, 0.25) is 0 Å². The number of ether oxygens (including phenoxy) is 2. The van der Waals surface area contributed by atoms with E-state index >= 15 is 0 Å². The molecule has 0 radical (unpaired) electrons. The predicted octanol–water partition coefficient (Wildman–Crippen LogP) is 6.45. The number of hydrogen-bond acceptors (Lipinski definition) is 7. The molecule has 4 rings (SSSR count). The summed E-state index contributed by atoms with van der Waals surface area (Å²) in [5.41, 5.74) is 7.81. The molecule has 9 heteroatoms. The van der Waals surface area contributed by atoms with Crippen LogP contribution in [0.25, 0.3) is 10.9 Å². The fraction of sp³-hybridized carbons (Fsp3) is 0.562. The van der Waals surface area contributed by atoms with E-state index in [0.717, 1.165) is 16.7 Å². The number of carbonyl (C=O) groups is 1. The molecule has 0 bridgehead atoms. The molecular weight excluding hydrogens is 623 g/mol. The normalized spacial score (nSPS) is 14.1. The van der Waals surface area contributed by atoms with E-state index in [-0.39, 0.29) is 5.91 Å². The van der Waals surface area contributed by atoms with Crippen molar-refractivity contribution in [3.05, 3.63) is 36.1 Å². The van der Waals surface area contributed by atoms with Crippen molar-refractivity contribution in [2.75, 3.05) is 51.0 Å². The molecule has 0 aliphatic carbocycles. The Morgan fingerprint density at radius 1 is 0.902 bits per heavy atom. The van der Waals surface area contributed by atoms with Crippen molar-refractivity contribution in [1.82, 2.24) is 9.88 Å². The van der Waals surface area contributed by atoms with Crippen molar-refractivity contribution in [3.63, 3.8) is 0 Å². The Bertz CT molecular complexity index is 1280. The summed E-state index contributed by atoms with van der Waals surface area (Å²) in [6.07, 6.45) is 7.45. The van der Waals surface area contributed by atoms with Crippen LogP contribution in [-0.2, 0) is 0 Å². The Kier molecular flexibility index (Phi) is 11.1. The van der Waals surface area contributed by atoms with E-state index in [1.165, 1.54) is 55.6 Å². The van der Waals surface area contributed by atoms with Gasteiger partial charge in [0.1, 0.15) is 0 Å². The topological polar surface area (TPSA) is 94.1 Å². The van der Waals surface area contributed by atoms with E-state index < -0.39 is 18.4 Å². The molecule has 1 amide bonds. The second kappa shape index (κ2) is 14.5.